The Morgan fingerprint density at radius 2 is 2.48 bits per heavy atom. The molecule has 1 aliphatic heterocycles. The molecule has 1 atom stereocenters. The summed E-state index contributed by atoms with van der Waals surface area (Å²) in [5, 5.41) is 3.09. The van der Waals surface area contributed by atoms with Gasteiger partial charge in [0.05, 0.1) is 17.9 Å². The summed E-state index contributed by atoms with van der Waals surface area (Å²) in [5.74, 6) is 3.41. The molecule has 2 rings (SSSR count). The molecule has 0 spiro atoms. The third-order valence-corrected chi connectivity index (χ3v) is 4.98. The summed E-state index contributed by atoms with van der Waals surface area (Å²) in [7, 11) is 0. The van der Waals surface area contributed by atoms with E-state index in [-0.39, 0.29) is 11.8 Å². The summed E-state index contributed by atoms with van der Waals surface area (Å²) in [6.07, 6.45) is 4.90. The van der Waals surface area contributed by atoms with Gasteiger partial charge in [-0.2, -0.15) is 11.8 Å². The maximum Gasteiger partial charge on any atom is 0.224 e. The van der Waals surface area contributed by atoms with Crippen LogP contribution in [0.4, 0.5) is 0 Å². The summed E-state index contributed by atoms with van der Waals surface area (Å²) in [6.45, 7) is 6.07. The van der Waals surface area contributed by atoms with Crippen molar-refractivity contribution in [3.05, 3.63) is 24.2 Å². The Balaban J connectivity index is 1.52. The van der Waals surface area contributed by atoms with Crippen LogP contribution in [0.3, 0.4) is 0 Å². The summed E-state index contributed by atoms with van der Waals surface area (Å²) < 4.78 is 5.28. The van der Waals surface area contributed by atoms with Crippen molar-refractivity contribution in [2.24, 2.45) is 5.92 Å². The highest BCUT2D eigenvalue weighted by molar-refractivity contribution is 7.98. The molecule has 1 fully saturated rings. The first-order valence-electron chi connectivity index (χ1n) is 7.89. The average Bonchev–Trinajstić information content (AvgIpc) is 3.04. The highest BCUT2D eigenvalue weighted by Gasteiger charge is 2.24. The number of nitrogens with one attached hydrogen (secondary N) is 1. The molecule has 0 aromatic carbocycles. The fourth-order valence-corrected chi connectivity index (χ4v) is 3.51. The van der Waals surface area contributed by atoms with E-state index in [4.69, 9.17) is 4.42 Å². The first kappa shape index (κ1) is 16.4. The molecule has 1 N–H and O–H groups in total. The number of carbonyl (C=O) groups is 1. The number of rotatable bonds is 8. The molecule has 0 radical (unpaired) electrons. The number of likely N-dealkylation sites (tertiary alicyclic amines) is 1. The van der Waals surface area contributed by atoms with Crippen LogP contribution < -0.4 is 5.32 Å². The van der Waals surface area contributed by atoms with Crippen molar-refractivity contribution in [1.82, 2.24) is 10.2 Å². The first-order valence-corrected chi connectivity index (χ1v) is 9.05. The Labute approximate surface area is 131 Å². The Morgan fingerprint density at radius 3 is 3.24 bits per heavy atom. The molecule has 0 saturated carbocycles. The molecule has 0 bridgehead atoms. The number of carbonyl (C=O) groups excluding carboxylic acids is 1. The second-order valence-corrected chi connectivity index (χ2v) is 6.61. The lowest BCUT2D eigenvalue weighted by atomic mass is 9.97. The molecule has 2 heterocycles. The SMILES string of the molecule is CCN1CCC[C@@H](C(=O)NCCCSCc2ccco2)C1. The maximum absolute atomic E-state index is 12.1. The first-order chi connectivity index (χ1) is 10.3. The predicted octanol–water partition coefficient (Wildman–Crippen LogP) is 2.75. The van der Waals surface area contributed by atoms with Gasteiger partial charge in [-0.15, -0.1) is 0 Å². The third kappa shape index (κ3) is 5.75. The quantitative estimate of drug-likeness (QED) is 0.750. The lowest BCUT2D eigenvalue weighted by Gasteiger charge is -2.30. The van der Waals surface area contributed by atoms with Crippen LogP contribution in [0.5, 0.6) is 0 Å². The van der Waals surface area contributed by atoms with E-state index in [1.165, 1.54) is 0 Å². The van der Waals surface area contributed by atoms with Crippen molar-refractivity contribution >= 4 is 17.7 Å². The van der Waals surface area contributed by atoms with Crippen LogP contribution in [-0.4, -0.2) is 42.7 Å². The van der Waals surface area contributed by atoms with Gasteiger partial charge in [0.2, 0.25) is 5.91 Å². The zero-order chi connectivity index (χ0) is 14.9. The number of hydrogen-bond acceptors (Lipinski definition) is 4. The normalized spacial score (nSPS) is 19.6. The second-order valence-electron chi connectivity index (χ2n) is 5.51. The fourth-order valence-electron chi connectivity index (χ4n) is 2.65. The molecule has 1 saturated heterocycles. The Kier molecular flexibility index (Phi) is 7.16. The molecule has 5 heteroatoms. The van der Waals surface area contributed by atoms with Gasteiger partial charge in [-0.1, -0.05) is 6.92 Å². The van der Waals surface area contributed by atoms with Crippen molar-refractivity contribution < 1.29 is 9.21 Å². The molecular weight excluding hydrogens is 284 g/mol. The fraction of sp³-hybridized carbons (Fsp3) is 0.688. The lowest BCUT2D eigenvalue weighted by Crippen LogP contribution is -2.43. The van der Waals surface area contributed by atoms with Crippen LogP contribution in [0.15, 0.2) is 22.8 Å². The predicted molar refractivity (Wildman–Crippen MR) is 87.3 cm³/mol. The second kappa shape index (κ2) is 9.15. The Morgan fingerprint density at radius 1 is 1.57 bits per heavy atom. The van der Waals surface area contributed by atoms with Crippen molar-refractivity contribution in [3.8, 4) is 0 Å². The number of hydrogen-bond donors (Lipinski definition) is 1. The standard InChI is InChI=1S/C16H26N2O2S/c1-2-18-9-3-6-14(12-18)16(19)17-8-5-11-21-13-15-7-4-10-20-15/h4,7,10,14H,2-3,5-6,8-9,11-13H2,1H3,(H,17,19)/t14-/m1/s1. The summed E-state index contributed by atoms with van der Waals surface area (Å²) in [4.78, 5) is 14.5. The molecule has 0 unspecified atom stereocenters. The maximum atomic E-state index is 12.1. The van der Waals surface area contributed by atoms with Crippen LogP contribution in [0.2, 0.25) is 0 Å². The van der Waals surface area contributed by atoms with Gasteiger partial charge in [0.1, 0.15) is 5.76 Å². The average molecular weight is 310 g/mol. The molecule has 1 aromatic heterocycles. The molecule has 1 amide bonds. The van der Waals surface area contributed by atoms with Crippen LogP contribution in [0, 0.1) is 5.92 Å². The monoisotopic (exact) mass is 310 g/mol. The van der Waals surface area contributed by atoms with Crippen molar-refractivity contribution in [2.75, 3.05) is 31.9 Å². The smallest absolute Gasteiger partial charge is 0.224 e. The molecule has 0 aliphatic carbocycles. The number of amides is 1. The van der Waals surface area contributed by atoms with E-state index in [0.717, 1.165) is 62.7 Å². The van der Waals surface area contributed by atoms with Gasteiger partial charge in [-0.3, -0.25) is 4.79 Å². The van der Waals surface area contributed by atoms with E-state index in [1.807, 2.05) is 23.9 Å². The van der Waals surface area contributed by atoms with Crippen LogP contribution >= 0.6 is 11.8 Å². The van der Waals surface area contributed by atoms with Crippen LogP contribution in [0.1, 0.15) is 31.9 Å². The zero-order valence-corrected chi connectivity index (χ0v) is 13.7. The molecule has 118 valence electrons. The Hall–Kier alpha value is -0.940. The van der Waals surface area contributed by atoms with E-state index >= 15 is 0 Å². The summed E-state index contributed by atoms with van der Waals surface area (Å²) in [5.41, 5.74) is 0. The molecule has 1 aromatic rings. The van der Waals surface area contributed by atoms with Gasteiger partial charge in [-0.25, -0.2) is 0 Å². The van der Waals surface area contributed by atoms with Gasteiger partial charge in [-0.05, 0) is 50.2 Å². The minimum Gasteiger partial charge on any atom is -0.468 e. The minimum atomic E-state index is 0.189. The zero-order valence-electron chi connectivity index (χ0n) is 12.8. The number of furan rings is 1. The van der Waals surface area contributed by atoms with Gasteiger partial charge in [0, 0.05) is 13.1 Å². The minimum absolute atomic E-state index is 0.189. The number of piperidine rings is 1. The third-order valence-electron chi connectivity index (χ3n) is 3.91. The molecular formula is C16H26N2O2S. The number of nitrogens with zero attached hydrogens (tertiary/aromatic N) is 1. The van der Waals surface area contributed by atoms with Crippen molar-refractivity contribution in [3.63, 3.8) is 0 Å². The van der Waals surface area contributed by atoms with Gasteiger partial charge < -0.3 is 14.6 Å². The summed E-state index contributed by atoms with van der Waals surface area (Å²) >= 11 is 1.85. The van der Waals surface area contributed by atoms with E-state index in [9.17, 15) is 4.79 Å². The highest BCUT2D eigenvalue weighted by Crippen LogP contribution is 2.16. The van der Waals surface area contributed by atoms with E-state index in [1.54, 1.807) is 6.26 Å². The van der Waals surface area contributed by atoms with E-state index in [2.05, 4.69) is 17.1 Å². The van der Waals surface area contributed by atoms with E-state index < -0.39 is 0 Å². The van der Waals surface area contributed by atoms with Crippen molar-refractivity contribution in [1.29, 1.82) is 0 Å². The van der Waals surface area contributed by atoms with Crippen molar-refractivity contribution in [2.45, 2.75) is 31.9 Å². The highest BCUT2D eigenvalue weighted by atomic mass is 32.2. The summed E-state index contributed by atoms with van der Waals surface area (Å²) in [6, 6.07) is 3.91. The van der Waals surface area contributed by atoms with Gasteiger partial charge in [0.15, 0.2) is 0 Å². The molecule has 1 aliphatic rings. The van der Waals surface area contributed by atoms with Gasteiger partial charge in [0.25, 0.3) is 0 Å². The Bertz CT molecular complexity index is 408. The van der Waals surface area contributed by atoms with Crippen LogP contribution in [0.25, 0.3) is 0 Å². The van der Waals surface area contributed by atoms with E-state index in [0.29, 0.717) is 0 Å². The molecule has 4 nitrogen and oxygen atoms in total. The molecule has 21 heavy (non-hydrogen) atoms. The lowest BCUT2D eigenvalue weighted by molar-refractivity contribution is -0.126. The topological polar surface area (TPSA) is 45.5 Å². The van der Waals surface area contributed by atoms with Crippen LogP contribution in [-0.2, 0) is 10.5 Å². The number of thioether (sulfide) groups is 1. The van der Waals surface area contributed by atoms with Gasteiger partial charge >= 0.3 is 0 Å². The largest absolute Gasteiger partial charge is 0.468 e.